The molecule has 0 unspecified atom stereocenters. The fourth-order valence-electron chi connectivity index (χ4n) is 1.32. The number of rotatable bonds is 3. The van der Waals surface area contributed by atoms with Crippen LogP contribution in [0.1, 0.15) is 18.9 Å². The van der Waals surface area contributed by atoms with E-state index in [0.717, 1.165) is 6.42 Å². The maximum Gasteiger partial charge on any atom is 0.471 e. The van der Waals surface area contributed by atoms with Gasteiger partial charge in [-0.25, -0.2) is 0 Å². The van der Waals surface area contributed by atoms with Gasteiger partial charge in [0, 0.05) is 5.69 Å². The minimum atomic E-state index is -4.85. The highest BCUT2D eigenvalue weighted by Crippen LogP contribution is 2.21. The lowest BCUT2D eigenvalue weighted by Gasteiger charge is -2.11. The van der Waals surface area contributed by atoms with Gasteiger partial charge in [-0.2, -0.15) is 13.2 Å². The lowest BCUT2D eigenvalue weighted by Crippen LogP contribution is -2.30. The van der Waals surface area contributed by atoms with E-state index >= 15 is 0 Å². The average molecular weight is 231 g/mol. The van der Waals surface area contributed by atoms with Crippen LogP contribution in [0.15, 0.2) is 24.3 Å². The number of alkyl halides is 3. The fourth-order valence-corrected chi connectivity index (χ4v) is 1.32. The Bertz CT molecular complexity index is 374. The second kappa shape index (κ2) is 5.01. The quantitative estimate of drug-likeness (QED) is 0.850. The monoisotopic (exact) mass is 231 g/mol. The minimum absolute atomic E-state index is 0.228. The number of hydrogen-bond acceptors (Lipinski definition) is 1. The Balaban J connectivity index is 2.84. The second-order valence-electron chi connectivity index (χ2n) is 3.36. The first-order valence-electron chi connectivity index (χ1n) is 4.91. The first-order valence-corrected chi connectivity index (χ1v) is 4.91. The highest BCUT2D eigenvalue weighted by Gasteiger charge is 2.38. The highest BCUT2D eigenvalue weighted by atomic mass is 19.4. The SMILES string of the molecule is CCCc1ccccc1NC(=O)C(F)(F)F. The highest BCUT2D eigenvalue weighted by molar-refractivity contribution is 5.95. The van der Waals surface area contributed by atoms with E-state index in [4.69, 9.17) is 0 Å². The van der Waals surface area contributed by atoms with E-state index in [-0.39, 0.29) is 5.69 Å². The van der Waals surface area contributed by atoms with E-state index < -0.39 is 12.1 Å². The average Bonchev–Trinajstić information content (AvgIpc) is 2.20. The van der Waals surface area contributed by atoms with Crippen molar-refractivity contribution in [3.63, 3.8) is 0 Å². The standard InChI is InChI=1S/C11H12F3NO/c1-2-5-8-6-3-4-7-9(8)15-10(16)11(12,13)14/h3-4,6-7H,2,5H2,1H3,(H,15,16). The van der Waals surface area contributed by atoms with Gasteiger partial charge < -0.3 is 5.32 Å². The van der Waals surface area contributed by atoms with E-state index in [1.807, 2.05) is 12.2 Å². The van der Waals surface area contributed by atoms with Gasteiger partial charge in [-0.05, 0) is 18.1 Å². The third-order valence-corrected chi connectivity index (χ3v) is 2.04. The van der Waals surface area contributed by atoms with Gasteiger partial charge in [-0.15, -0.1) is 0 Å². The zero-order valence-electron chi connectivity index (χ0n) is 8.77. The molecule has 1 N–H and O–H groups in total. The molecule has 0 fully saturated rings. The van der Waals surface area contributed by atoms with Crippen LogP contribution in [0.2, 0.25) is 0 Å². The van der Waals surface area contributed by atoms with Gasteiger partial charge in [0.1, 0.15) is 0 Å². The van der Waals surface area contributed by atoms with Gasteiger partial charge in [0.2, 0.25) is 0 Å². The molecule has 1 amide bonds. The van der Waals surface area contributed by atoms with Crippen LogP contribution < -0.4 is 5.32 Å². The van der Waals surface area contributed by atoms with E-state index in [9.17, 15) is 18.0 Å². The Morgan fingerprint density at radius 1 is 1.31 bits per heavy atom. The van der Waals surface area contributed by atoms with Crippen LogP contribution in [0.4, 0.5) is 18.9 Å². The Labute approximate surface area is 91.5 Å². The van der Waals surface area contributed by atoms with Gasteiger partial charge >= 0.3 is 12.1 Å². The molecule has 0 aromatic heterocycles. The lowest BCUT2D eigenvalue weighted by molar-refractivity contribution is -0.167. The molecule has 0 radical (unpaired) electrons. The van der Waals surface area contributed by atoms with Crippen LogP contribution in [0.3, 0.4) is 0 Å². The second-order valence-corrected chi connectivity index (χ2v) is 3.36. The predicted octanol–water partition coefficient (Wildman–Crippen LogP) is 3.14. The normalized spacial score (nSPS) is 11.2. The molecule has 0 saturated heterocycles. The van der Waals surface area contributed by atoms with Crippen molar-refractivity contribution in [1.82, 2.24) is 0 Å². The summed E-state index contributed by atoms with van der Waals surface area (Å²) in [5.74, 6) is -1.93. The summed E-state index contributed by atoms with van der Waals surface area (Å²) in [4.78, 5) is 10.8. The minimum Gasteiger partial charge on any atom is -0.318 e. The number of amides is 1. The Morgan fingerprint density at radius 2 is 1.94 bits per heavy atom. The maximum atomic E-state index is 12.0. The van der Waals surface area contributed by atoms with Crippen molar-refractivity contribution in [3.05, 3.63) is 29.8 Å². The summed E-state index contributed by atoms with van der Waals surface area (Å²) in [6.45, 7) is 1.92. The largest absolute Gasteiger partial charge is 0.471 e. The van der Waals surface area contributed by atoms with Crippen LogP contribution in [-0.4, -0.2) is 12.1 Å². The number of benzene rings is 1. The van der Waals surface area contributed by atoms with Crippen LogP contribution in [0.5, 0.6) is 0 Å². The molecular weight excluding hydrogens is 219 g/mol. The van der Waals surface area contributed by atoms with E-state index in [0.29, 0.717) is 12.0 Å². The summed E-state index contributed by atoms with van der Waals surface area (Å²) >= 11 is 0. The lowest BCUT2D eigenvalue weighted by atomic mass is 10.1. The number of carbonyl (C=O) groups excluding carboxylic acids is 1. The fraction of sp³-hybridized carbons (Fsp3) is 0.364. The number of halogens is 3. The zero-order chi connectivity index (χ0) is 12.2. The van der Waals surface area contributed by atoms with Gasteiger partial charge in [-0.3, -0.25) is 4.79 Å². The number of nitrogens with one attached hydrogen (secondary N) is 1. The molecule has 1 rings (SSSR count). The molecule has 16 heavy (non-hydrogen) atoms. The van der Waals surface area contributed by atoms with Crippen molar-refractivity contribution in [2.45, 2.75) is 25.9 Å². The molecule has 1 aromatic carbocycles. The van der Waals surface area contributed by atoms with Crippen molar-refractivity contribution < 1.29 is 18.0 Å². The summed E-state index contributed by atoms with van der Waals surface area (Å²) in [6.07, 6.45) is -3.41. The van der Waals surface area contributed by atoms with E-state index in [1.165, 1.54) is 6.07 Å². The molecule has 0 spiro atoms. The molecule has 0 saturated carbocycles. The molecule has 2 nitrogen and oxygen atoms in total. The topological polar surface area (TPSA) is 29.1 Å². The molecule has 0 aliphatic heterocycles. The third kappa shape index (κ3) is 3.25. The molecule has 0 atom stereocenters. The molecule has 0 bridgehead atoms. The zero-order valence-corrected chi connectivity index (χ0v) is 8.77. The van der Waals surface area contributed by atoms with Crippen LogP contribution >= 0.6 is 0 Å². The first kappa shape index (κ1) is 12.5. The molecule has 0 aliphatic rings. The molecule has 5 heteroatoms. The van der Waals surface area contributed by atoms with Gasteiger partial charge in [-0.1, -0.05) is 31.5 Å². The first-order chi connectivity index (χ1) is 7.45. The molecule has 1 aromatic rings. The predicted molar refractivity (Wildman–Crippen MR) is 55.1 cm³/mol. The molecule has 88 valence electrons. The summed E-state index contributed by atoms with van der Waals surface area (Å²) in [6, 6.07) is 6.49. The van der Waals surface area contributed by atoms with E-state index in [2.05, 4.69) is 0 Å². The number of para-hydroxylation sites is 1. The van der Waals surface area contributed by atoms with E-state index in [1.54, 1.807) is 18.2 Å². The summed E-state index contributed by atoms with van der Waals surface area (Å²) in [5.41, 5.74) is 0.939. The Hall–Kier alpha value is -1.52. The van der Waals surface area contributed by atoms with Crippen molar-refractivity contribution in [3.8, 4) is 0 Å². The summed E-state index contributed by atoms with van der Waals surface area (Å²) < 4.78 is 36.1. The Kier molecular flexibility index (Phi) is 3.93. The Morgan fingerprint density at radius 3 is 2.50 bits per heavy atom. The third-order valence-electron chi connectivity index (χ3n) is 2.04. The van der Waals surface area contributed by atoms with Crippen LogP contribution in [-0.2, 0) is 11.2 Å². The number of hydrogen-bond donors (Lipinski definition) is 1. The number of anilines is 1. The van der Waals surface area contributed by atoms with Gasteiger partial charge in [0.25, 0.3) is 0 Å². The molecular formula is C11H12F3NO. The number of carbonyl (C=O) groups is 1. The van der Waals surface area contributed by atoms with Gasteiger partial charge in [0.15, 0.2) is 0 Å². The van der Waals surface area contributed by atoms with Crippen molar-refractivity contribution in [2.24, 2.45) is 0 Å². The molecule has 0 heterocycles. The summed E-state index contributed by atoms with van der Waals surface area (Å²) in [5, 5.41) is 1.87. The smallest absolute Gasteiger partial charge is 0.318 e. The van der Waals surface area contributed by atoms with Gasteiger partial charge in [0.05, 0.1) is 0 Å². The van der Waals surface area contributed by atoms with Crippen molar-refractivity contribution in [1.29, 1.82) is 0 Å². The molecule has 0 aliphatic carbocycles. The maximum absolute atomic E-state index is 12.0. The van der Waals surface area contributed by atoms with Crippen LogP contribution in [0, 0.1) is 0 Å². The number of aryl methyl sites for hydroxylation is 1. The van der Waals surface area contributed by atoms with Crippen molar-refractivity contribution in [2.75, 3.05) is 5.32 Å². The summed E-state index contributed by atoms with van der Waals surface area (Å²) in [7, 11) is 0. The van der Waals surface area contributed by atoms with Crippen molar-refractivity contribution >= 4 is 11.6 Å². The van der Waals surface area contributed by atoms with Crippen LogP contribution in [0.25, 0.3) is 0 Å².